The molecular weight excluding hydrogens is 959 g/mol. The lowest BCUT2D eigenvalue weighted by Crippen LogP contribution is -2.44. The number of carboxylic acid groups (broad SMARTS) is 1. The summed E-state index contributed by atoms with van der Waals surface area (Å²) in [5, 5.41) is 11.8. The quantitative estimate of drug-likeness (QED) is 0.0195. The van der Waals surface area contributed by atoms with E-state index in [9.17, 15) is 19.5 Å². The Morgan fingerprint density at radius 1 is 0.390 bits per heavy atom. The smallest absolute Gasteiger partial charge is 0.306 e. The van der Waals surface area contributed by atoms with E-state index in [0.29, 0.717) is 23.9 Å². The number of nitrogens with zero attached hydrogens (tertiary/aromatic N) is 1. The van der Waals surface area contributed by atoms with Crippen molar-refractivity contribution >= 4 is 17.9 Å². The first-order valence-corrected chi connectivity index (χ1v) is 32.8. The number of ether oxygens (including phenoxy) is 4. The van der Waals surface area contributed by atoms with Crippen LogP contribution < -0.4 is 5.11 Å². The summed E-state index contributed by atoms with van der Waals surface area (Å²) in [4.78, 5) is 37.4. The Hall–Kier alpha value is -2.75. The van der Waals surface area contributed by atoms with Gasteiger partial charge in [0.05, 0.1) is 40.3 Å². The molecule has 9 nitrogen and oxygen atoms in total. The molecule has 0 aliphatic rings. The molecule has 0 aromatic rings. The summed E-state index contributed by atoms with van der Waals surface area (Å²) in [5.74, 6) is -2.27. The maximum absolute atomic E-state index is 12.9. The van der Waals surface area contributed by atoms with Crippen LogP contribution in [0.2, 0.25) is 0 Å². The van der Waals surface area contributed by atoms with E-state index in [1.54, 1.807) is 0 Å². The Morgan fingerprint density at radius 2 is 0.701 bits per heavy atom. The van der Waals surface area contributed by atoms with E-state index in [4.69, 9.17) is 18.9 Å². The third kappa shape index (κ3) is 60.7. The number of quaternary nitrogens is 1. The molecule has 0 saturated carbocycles. The van der Waals surface area contributed by atoms with Crippen molar-refractivity contribution in [3.63, 3.8) is 0 Å². The monoisotopic (exact) mass is 1080 g/mol. The largest absolute Gasteiger partial charge is 0.545 e. The molecule has 2 atom stereocenters. The number of rotatable bonds is 61. The highest BCUT2D eigenvalue weighted by molar-refractivity contribution is 5.70. The number of unbranched alkanes of at least 4 members (excludes halogenated alkanes) is 38. The number of likely N-dealkylation sites (N-methyl/N-ethyl adjacent to an activating group) is 1. The fraction of sp³-hybridized carbons (Fsp3) is 0.838. The van der Waals surface area contributed by atoms with Crippen LogP contribution >= 0.6 is 0 Å². The van der Waals surface area contributed by atoms with Crippen LogP contribution in [0.3, 0.4) is 0 Å². The summed E-state index contributed by atoms with van der Waals surface area (Å²) < 4.78 is 22.8. The topological polar surface area (TPSA) is 111 Å². The fourth-order valence-electron chi connectivity index (χ4n) is 9.48. The molecular formula is C68H125NO8. The van der Waals surface area contributed by atoms with Crippen molar-refractivity contribution in [3.8, 4) is 0 Å². The Morgan fingerprint density at radius 3 is 1.05 bits per heavy atom. The van der Waals surface area contributed by atoms with E-state index in [-0.39, 0.29) is 32.2 Å². The highest BCUT2D eigenvalue weighted by Crippen LogP contribution is 2.17. The Kier molecular flexibility index (Phi) is 57.3. The number of esters is 2. The van der Waals surface area contributed by atoms with Crippen molar-refractivity contribution in [3.05, 3.63) is 48.6 Å². The van der Waals surface area contributed by atoms with Gasteiger partial charge >= 0.3 is 11.9 Å². The average Bonchev–Trinajstić information content (AvgIpc) is 3.40. The second kappa shape index (κ2) is 59.4. The number of carbonyl (C=O) groups is 3. The molecule has 0 aliphatic carbocycles. The van der Waals surface area contributed by atoms with Gasteiger partial charge in [-0.15, -0.1) is 0 Å². The maximum Gasteiger partial charge on any atom is 0.306 e. The molecule has 0 spiro atoms. The summed E-state index contributed by atoms with van der Waals surface area (Å²) in [6, 6.07) is 0. The molecule has 9 heteroatoms. The lowest BCUT2D eigenvalue weighted by atomic mass is 10.0. The van der Waals surface area contributed by atoms with Gasteiger partial charge in [0, 0.05) is 12.8 Å². The summed E-state index contributed by atoms with van der Waals surface area (Å²) in [5.41, 5.74) is 0. The molecule has 0 fully saturated rings. The first kappa shape index (κ1) is 74.2. The Bertz CT molecular complexity index is 1400. The number of carbonyl (C=O) groups excluding carboxylic acids is 3. The summed E-state index contributed by atoms with van der Waals surface area (Å²) in [6.07, 6.45) is 71.8. The third-order valence-electron chi connectivity index (χ3n) is 14.5. The highest BCUT2D eigenvalue weighted by Gasteiger charge is 2.22. The molecule has 2 unspecified atom stereocenters. The number of hydrogen-bond acceptors (Lipinski definition) is 8. The van der Waals surface area contributed by atoms with Gasteiger partial charge in [-0.05, 0) is 77.0 Å². The van der Waals surface area contributed by atoms with Gasteiger partial charge < -0.3 is 33.3 Å². The van der Waals surface area contributed by atoms with Crippen LogP contribution in [0, 0.1) is 0 Å². The van der Waals surface area contributed by atoms with E-state index >= 15 is 0 Å². The second-order valence-corrected chi connectivity index (χ2v) is 23.4. The van der Waals surface area contributed by atoms with Crippen LogP contribution in [0.25, 0.3) is 0 Å². The van der Waals surface area contributed by atoms with Crippen LogP contribution in [-0.2, 0) is 33.3 Å². The highest BCUT2D eigenvalue weighted by atomic mass is 16.7. The normalized spacial score (nSPS) is 13.0. The molecule has 0 aromatic heterocycles. The Labute approximate surface area is 476 Å². The molecule has 0 bridgehead atoms. The first-order chi connectivity index (χ1) is 37.6. The number of aliphatic carboxylic acids is 1. The van der Waals surface area contributed by atoms with Crippen molar-refractivity contribution in [2.24, 2.45) is 0 Å². The van der Waals surface area contributed by atoms with E-state index in [1.165, 1.54) is 231 Å². The fourth-order valence-corrected chi connectivity index (χ4v) is 9.48. The van der Waals surface area contributed by atoms with Gasteiger partial charge in [0.25, 0.3) is 0 Å². The SMILES string of the molecule is CCCCCCC/C=C\C/C=C\C/C=C\CCCCCCCCCCCCCCCCCCCCC(=O)OC(COC(=O)CCCCCCCCCCC/C=C\CCCCCCCC)COC(OCC[N+](C)(C)C)C(=O)[O-]. The van der Waals surface area contributed by atoms with Crippen LogP contribution in [-0.4, -0.2) is 82.3 Å². The summed E-state index contributed by atoms with van der Waals surface area (Å²) >= 11 is 0. The predicted molar refractivity (Wildman–Crippen MR) is 325 cm³/mol. The van der Waals surface area contributed by atoms with Crippen LogP contribution in [0.1, 0.15) is 309 Å². The molecule has 0 N–H and O–H groups in total. The molecule has 0 aliphatic heterocycles. The van der Waals surface area contributed by atoms with Crippen molar-refractivity contribution in [1.82, 2.24) is 0 Å². The molecule has 0 saturated heterocycles. The zero-order chi connectivity index (χ0) is 56.2. The molecule has 0 amide bonds. The minimum atomic E-state index is -1.62. The van der Waals surface area contributed by atoms with Crippen molar-refractivity contribution in [2.75, 3.05) is 47.5 Å². The van der Waals surface area contributed by atoms with Crippen LogP contribution in [0.5, 0.6) is 0 Å². The lowest BCUT2D eigenvalue weighted by Gasteiger charge is -2.26. The Balaban J connectivity index is 4.09. The maximum atomic E-state index is 12.9. The lowest BCUT2D eigenvalue weighted by molar-refractivity contribution is -0.870. The van der Waals surface area contributed by atoms with Gasteiger partial charge in [-0.2, -0.15) is 0 Å². The zero-order valence-electron chi connectivity index (χ0n) is 51.3. The molecule has 450 valence electrons. The van der Waals surface area contributed by atoms with Crippen molar-refractivity contribution in [1.29, 1.82) is 0 Å². The van der Waals surface area contributed by atoms with Crippen LogP contribution in [0.4, 0.5) is 0 Å². The van der Waals surface area contributed by atoms with Crippen molar-refractivity contribution < 1.29 is 42.9 Å². The second-order valence-electron chi connectivity index (χ2n) is 23.4. The standard InChI is InChI=1S/C68H125NO8/c1-6-8-10-12-14-16-18-20-22-24-26-27-28-29-30-31-32-33-34-35-36-37-38-39-41-43-45-47-49-51-53-55-57-59-66(71)77-64(63-76-68(67(72)73)74-61-60-69(3,4)5)62-75-65(70)58-56-54-52-50-48-46-44-42-40-25-23-21-19-17-15-13-11-9-7-2/h18,20-21,23-24,26,28-29,64,68H,6-17,19,22,25,27,30-63H2,1-5H3/b20-18-,23-21-,26-24-,29-28-. The van der Waals surface area contributed by atoms with Crippen LogP contribution in [0.15, 0.2) is 48.6 Å². The minimum Gasteiger partial charge on any atom is -0.545 e. The third-order valence-corrected chi connectivity index (χ3v) is 14.5. The molecule has 0 radical (unpaired) electrons. The van der Waals surface area contributed by atoms with Gasteiger partial charge in [-0.1, -0.05) is 268 Å². The predicted octanol–water partition coefficient (Wildman–Crippen LogP) is 18.5. The molecule has 0 aromatic carbocycles. The molecule has 77 heavy (non-hydrogen) atoms. The number of carboxylic acids is 1. The van der Waals surface area contributed by atoms with Gasteiger partial charge in [-0.25, -0.2) is 0 Å². The molecule has 0 rings (SSSR count). The van der Waals surface area contributed by atoms with Gasteiger partial charge in [0.1, 0.15) is 13.2 Å². The van der Waals surface area contributed by atoms with E-state index in [2.05, 4.69) is 62.5 Å². The molecule has 0 heterocycles. The van der Waals surface area contributed by atoms with Gasteiger partial charge in [0.15, 0.2) is 12.4 Å². The number of allylic oxidation sites excluding steroid dienone is 8. The summed E-state index contributed by atoms with van der Waals surface area (Å²) in [6.45, 7) is 4.77. The zero-order valence-corrected chi connectivity index (χ0v) is 51.3. The minimum absolute atomic E-state index is 0.148. The first-order valence-electron chi connectivity index (χ1n) is 32.8. The van der Waals surface area contributed by atoms with Gasteiger partial charge in [0.2, 0.25) is 0 Å². The van der Waals surface area contributed by atoms with Crippen molar-refractivity contribution in [2.45, 2.75) is 322 Å². The van der Waals surface area contributed by atoms with E-state index < -0.39 is 24.3 Å². The van der Waals surface area contributed by atoms with E-state index in [0.717, 1.165) is 44.9 Å². The average molecular weight is 1080 g/mol. The number of hydrogen-bond donors (Lipinski definition) is 0. The van der Waals surface area contributed by atoms with E-state index in [1.807, 2.05) is 21.1 Å². The summed E-state index contributed by atoms with van der Waals surface area (Å²) in [7, 11) is 5.93. The van der Waals surface area contributed by atoms with Gasteiger partial charge in [-0.3, -0.25) is 9.59 Å².